The molecule has 0 saturated heterocycles. The molecule has 0 radical (unpaired) electrons. The number of hydrogen-bond donors (Lipinski definition) is 0. The first kappa shape index (κ1) is 20.9. The second kappa shape index (κ2) is 10.4. The molecule has 20 heavy (non-hydrogen) atoms. The van der Waals surface area contributed by atoms with E-state index in [4.69, 9.17) is 0 Å². The van der Waals surface area contributed by atoms with Crippen molar-refractivity contribution < 1.29 is 39.9 Å². The fraction of sp³-hybridized carbons (Fsp3) is 0.545. The van der Waals surface area contributed by atoms with Gasteiger partial charge in [-0.3, -0.25) is 4.79 Å². The van der Waals surface area contributed by atoms with Gasteiger partial charge in [-0.2, -0.15) is 35.1 Å². The molecule has 1 rings (SSSR count). The average molecular weight is 312 g/mol. The predicted molar refractivity (Wildman–Crippen MR) is 55.9 cm³/mol. The van der Waals surface area contributed by atoms with Crippen LogP contribution in [0.4, 0.5) is 35.1 Å². The smallest absolute Gasteiger partial charge is 0.300 e. The van der Waals surface area contributed by atoms with Crippen molar-refractivity contribution in [2.24, 2.45) is 0 Å². The zero-order valence-electron chi connectivity index (χ0n) is 10.2. The molecule has 0 unspecified atom stereocenters. The van der Waals surface area contributed by atoms with Gasteiger partial charge < -0.3 is 0 Å². The standard InChI is InChI=1S/C6H10O.C3F6.C2H2F2/c7-6-4-2-1-3-5-6;4-1(2(5)6)3(7,8)9;1-2(3)4/h1-5H2;;1H2. The minimum Gasteiger partial charge on any atom is -0.300 e. The third kappa shape index (κ3) is 14.7. The molecule has 0 amide bonds. The number of hydrogen-bond acceptors (Lipinski definition) is 1. The number of carbonyl (C=O) groups excluding carboxylic acids is 1. The minimum absolute atomic E-state index is 0.464. The van der Waals surface area contributed by atoms with Gasteiger partial charge in [0.05, 0.1) is 0 Å². The van der Waals surface area contributed by atoms with Gasteiger partial charge in [-0.25, -0.2) is 0 Å². The zero-order chi connectivity index (χ0) is 16.3. The lowest BCUT2D eigenvalue weighted by Gasteiger charge is -2.05. The molecular formula is C11H12F8O. The highest BCUT2D eigenvalue weighted by atomic mass is 19.4. The van der Waals surface area contributed by atoms with Gasteiger partial charge in [0.15, 0.2) is 0 Å². The van der Waals surface area contributed by atoms with Gasteiger partial charge in [0.1, 0.15) is 5.78 Å². The lowest BCUT2D eigenvalue weighted by molar-refractivity contribution is -0.120. The van der Waals surface area contributed by atoms with Crippen LogP contribution in [0.15, 0.2) is 24.6 Å². The van der Waals surface area contributed by atoms with Crippen LogP contribution in [0.5, 0.6) is 0 Å². The number of carbonyl (C=O) groups is 1. The van der Waals surface area contributed by atoms with Crippen LogP contribution < -0.4 is 0 Å². The van der Waals surface area contributed by atoms with Gasteiger partial charge in [0.2, 0.25) is 0 Å². The van der Waals surface area contributed by atoms with E-state index in [0.717, 1.165) is 25.7 Å². The first-order valence-electron chi connectivity index (χ1n) is 5.28. The van der Waals surface area contributed by atoms with Crippen LogP contribution in [0, 0.1) is 0 Å². The summed E-state index contributed by atoms with van der Waals surface area (Å²) in [6.07, 6.45) is -5.50. The van der Waals surface area contributed by atoms with E-state index in [1.807, 2.05) is 0 Å². The number of allylic oxidation sites excluding steroid dienone is 1. The molecule has 1 saturated carbocycles. The molecule has 0 spiro atoms. The number of halogens is 8. The molecular weight excluding hydrogens is 300 g/mol. The molecule has 1 fully saturated rings. The van der Waals surface area contributed by atoms with Crippen LogP contribution in [0.1, 0.15) is 32.1 Å². The molecule has 0 aromatic rings. The Kier molecular flexibility index (Phi) is 10.9. The summed E-state index contributed by atoms with van der Waals surface area (Å²) in [5, 5.41) is 0. The molecule has 0 aromatic heterocycles. The first-order valence-corrected chi connectivity index (χ1v) is 5.28. The maximum absolute atomic E-state index is 11.0. The molecule has 0 aliphatic heterocycles. The van der Waals surface area contributed by atoms with Gasteiger partial charge in [-0.1, -0.05) is 6.42 Å². The van der Waals surface area contributed by atoms with E-state index in [0.29, 0.717) is 5.78 Å². The maximum Gasteiger partial charge on any atom is 0.448 e. The summed E-state index contributed by atoms with van der Waals surface area (Å²) < 4.78 is 85.1. The Morgan fingerprint density at radius 1 is 0.900 bits per heavy atom. The van der Waals surface area contributed by atoms with Crippen molar-refractivity contribution in [3.8, 4) is 0 Å². The molecule has 0 N–H and O–H groups in total. The van der Waals surface area contributed by atoms with E-state index in [-0.39, 0.29) is 0 Å². The number of alkyl halides is 3. The topological polar surface area (TPSA) is 17.1 Å². The summed E-state index contributed by atoms with van der Waals surface area (Å²) in [7, 11) is 0. The van der Waals surface area contributed by atoms with Gasteiger partial charge in [0, 0.05) is 12.8 Å². The van der Waals surface area contributed by atoms with Gasteiger partial charge in [-0.15, -0.1) is 0 Å². The second-order valence-electron chi connectivity index (χ2n) is 3.51. The van der Waals surface area contributed by atoms with E-state index < -0.39 is 24.2 Å². The third-order valence-corrected chi connectivity index (χ3v) is 1.83. The molecule has 0 atom stereocenters. The van der Waals surface area contributed by atoms with E-state index in [9.17, 15) is 39.9 Å². The molecule has 0 bridgehead atoms. The Hall–Kier alpha value is -1.41. The fourth-order valence-corrected chi connectivity index (χ4v) is 1.05. The summed E-state index contributed by atoms with van der Waals surface area (Å²) in [5.74, 6) is -2.87. The number of rotatable bonds is 0. The van der Waals surface area contributed by atoms with Gasteiger partial charge in [0.25, 0.3) is 11.9 Å². The third-order valence-electron chi connectivity index (χ3n) is 1.83. The van der Waals surface area contributed by atoms with Crippen molar-refractivity contribution in [1.29, 1.82) is 0 Å². The normalized spacial score (nSPS) is 14.3. The molecule has 1 nitrogen and oxygen atoms in total. The van der Waals surface area contributed by atoms with Crippen molar-refractivity contribution in [1.82, 2.24) is 0 Å². The summed E-state index contributed by atoms with van der Waals surface area (Å²) in [6, 6.07) is 0. The Balaban J connectivity index is 0. The lowest BCUT2D eigenvalue weighted by atomic mass is 10.00. The SMILES string of the molecule is C=C(F)F.FC(F)=C(F)C(F)(F)F.O=C1CCCCC1. The highest BCUT2D eigenvalue weighted by Crippen LogP contribution is 2.29. The number of ketones is 1. The average Bonchev–Trinajstić information content (AvgIpc) is 2.27. The van der Waals surface area contributed by atoms with Crippen LogP contribution in [0.3, 0.4) is 0 Å². The van der Waals surface area contributed by atoms with Crippen LogP contribution in [0.2, 0.25) is 0 Å². The fourth-order valence-electron chi connectivity index (χ4n) is 1.05. The molecule has 118 valence electrons. The minimum atomic E-state index is -5.56. The molecule has 0 heterocycles. The summed E-state index contributed by atoms with van der Waals surface area (Å²) in [5.41, 5.74) is 0. The zero-order valence-corrected chi connectivity index (χ0v) is 10.2. The Morgan fingerprint density at radius 3 is 1.35 bits per heavy atom. The quantitative estimate of drug-likeness (QED) is 0.537. The van der Waals surface area contributed by atoms with E-state index >= 15 is 0 Å². The maximum atomic E-state index is 11.0. The van der Waals surface area contributed by atoms with Crippen LogP contribution in [0.25, 0.3) is 0 Å². The summed E-state index contributed by atoms with van der Waals surface area (Å²) in [6.45, 7) is 2.22. The van der Waals surface area contributed by atoms with Gasteiger partial charge >= 0.3 is 12.3 Å². The van der Waals surface area contributed by atoms with E-state index in [1.165, 1.54) is 6.42 Å². The Morgan fingerprint density at radius 2 is 1.25 bits per heavy atom. The van der Waals surface area contributed by atoms with Crippen molar-refractivity contribution >= 4 is 5.78 Å². The molecule has 1 aliphatic carbocycles. The van der Waals surface area contributed by atoms with E-state index in [2.05, 4.69) is 6.58 Å². The van der Waals surface area contributed by atoms with Crippen molar-refractivity contribution in [2.75, 3.05) is 0 Å². The van der Waals surface area contributed by atoms with Crippen molar-refractivity contribution in [2.45, 2.75) is 38.3 Å². The Labute approximate surface area is 110 Å². The van der Waals surface area contributed by atoms with Crippen LogP contribution >= 0.6 is 0 Å². The molecule has 1 aliphatic rings. The predicted octanol–water partition coefficient (Wildman–Crippen LogP) is 5.54. The molecule has 0 aromatic carbocycles. The highest BCUT2D eigenvalue weighted by molar-refractivity contribution is 5.78. The van der Waals surface area contributed by atoms with E-state index in [1.54, 1.807) is 0 Å². The van der Waals surface area contributed by atoms with Crippen molar-refractivity contribution in [3.05, 3.63) is 24.6 Å². The largest absolute Gasteiger partial charge is 0.448 e. The first-order chi connectivity index (χ1) is 8.98. The highest BCUT2D eigenvalue weighted by Gasteiger charge is 2.38. The molecule has 9 heteroatoms. The van der Waals surface area contributed by atoms with Crippen LogP contribution in [-0.4, -0.2) is 12.0 Å². The summed E-state index contributed by atoms with van der Waals surface area (Å²) in [4.78, 5) is 10.5. The van der Waals surface area contributed by atoms with Crippen molar-refractivity contribution in [3.63, 3.8) is 0 Å². The lowest BCUT2D eigenvalue weighted by Crippen LogP contribution is -2.08. The summed E-state index contributed by atoms with van der Waals surface area (Å²) >= 11 is 0. The monoisotopic (exact) mass is 312 g/mol. The second-order valence-corrected chi connectivity index (χ2v) is 3.51. The Bertz CT molecular complexity index is 329. The van der Waals surface area contributed by atoms with Gasteiger partial charge in [-0.05, 0) is 19.4 Å². The van der Waals surface area contributed by atoms with Crippen LogP contribution in [-0.2, 0) is 4.79 Å². The number of Topliss-reactive ketones (excluding diaryl/α,β-unsaturated/α-hetero) is 1.